The summed E-state index contributed by atoms with van der Waals surface area (Å²) in [5, 5.41) is 9.28. The van der Waals surface area contributed by atoms with Crippen molar-refractivity contribution in [3.05, 3.63) is 47.1 Å². The van der Waals surface area contributed by atoms with Crippen molar-refractivity contribution in [2.24, 2.45) is 4.99 Å². The largest absolute Gasteiger partial charge is 0.489 e. The molecule has 1 aromatic rings. The predicted molar refractivity (Wildman–Crippen MR) is 111 cm³/mol. The van der Waals surface area contributed by atoms with Gasteiger partial charge in [-0.05, 0) is 44.0 Å². The Kier molecular flexibility index (Phi) is 7.47. The van der Waals surface area contributed by atoms with Gasteiger partial charge in [-0.3, -0.25) is 5.32 Å². The van der Waals surface area contributed by atoms with E-state index in [1.54, 1.807) is 30.5 Å². The molecule has 0 saturated carbocycles. The molecule has 1 aromatic carbocycles. The molecular formula is C20H25ClN4O3. The molecule has 3 rings (SSSR count). The van der Waals surface area contributed by atoms with Crippen LogP contribution in [0.15, 0.2) is 47.1 Å². The topological polar surface area (TPSA) is 84.0 Å². The van der Waals surface area contributed by atoms with Crippen LogP contribution in [0.4, 0.5) is 10.5 Å². The van der Waals surface area contributed by atoms with Crippen LogP contribution in [0.5, 0.6) is 5.75 Å². The number of carbonyl (C=O) groups excluding carboxylic acids is 1. The summed E-state index contributed by atoms with van der Waals surface area (Å²) in [6.07, 6.45) is 7.39. The summed E-state index contributed by atoms with van der Waals surface area (Å²) in [6.45, 7) is 4.63. The number of anilines is 1. The van der Waals surface area contributed by atoms with Gasteiger partial charge in [-0.1, -0.05) is 23.3 Å². The third kappa shape index (κ3) is 6.37. The lowest BCUT2D eigenvalue weighted by atomic mass is 10.1. The number of halogens is 1. The summed E-state index contributed by atoms with van der Waals surface area (Å²) in [7, 11) is 0. The lowest BCUT2D eigenvalue weighted by Gasteiger charge is -2.24. The fourth-order valence-electron chi connectivity index (χ4n) is 2.77. The lowest BCUT2D eigenvalue weighted by Crippen LogP contribution is -2.41. The lowest BCUT2D eigenvalue weighted by molar-refractivity contribution is 0.000351. The Morgan fingerprint density at radius 2 is 2.32 bits per heavy atom. The van der Waals surface area contributed by atoms with E-state index < -0.39 is 6.03 Å². The Morgan fingerprint density at radius 1 is 1.43 bits per heavy atom. The first kappa shape index (κ1) is 20.4. The number of allylic oxidation sites excluding steroid dienone is 2. The molecule has 0 bridgehead atoms. The number of morpholine rings is 1. The van der Waals surface area contributed by atoms with Gasteiger partial charge in [-0.15, -0.1) is 0 Å². The van der Waals surface area contributed by atoms with Crippen LogP contribution in [0, 0.1) is 0 Å². The van der Waals surface area contributed by atoms with Gasteiger partial charge >= 0.3 is 6.03 Å². The van der Waals surface area contributed by atoms with Crippen molar-refractivity contribution in [1.82, 2.24) is 10.6 Å². The summed E-state index contributed by atoms with van der Waals surface area (Å²) >= 11 is 6.09. The average molecular weight is 405 g/mol. The highest BCUT2D eigenvalue weighted by Crippen LogP contribution is 2.28. The highest BCUT2D eigenvalue weighted by molar-refractivity contribution is 6.31. The quantitative estimate of drug-likeness (QED) is 0.717. The number of nitrogens with one attached hydrogen (secondary N) is 3. The number of hydrogen-bond donors (Lipinski definition) is 3. The highest BCUT2D eigenvalue weighted by atomic mass is 35.5. The smallest absolute Gasteiger partial charge is 0.324 e. The number of amidine groups is 1. The molecule has 2 heterocycles. The molecule has 2 amide bonds. The Hall–Kier alpha value is -2.35. The number of carbonyl (C=O) groups is 1. The van der Waals surface area contributed by atoms with Crippen LogP contribution in [-0.2, 0) is 4.74 Å². The minimum Gasteiger partial charge on any atom is -0.489 e. The van der Waals surface area contributed by atoms with Gasteiger partial charge in [0.25, 0.3) is 0 Å². The van der Waals surface area contributed by atoms with Crippen molar-refractivity contribution in [1.29, 1.82) is 0 Å². The van der Waals surface area contributed by atoms with Gasteiger partial charge in [0.05, 0.1) is 12.3 Å². The molecule has 2 aliphatic rings. The summed E-state index contributed by atoms with van der Waals surface area (Å²) in [5.41, 5.74) is 1.64. The first-order chi connectivity index (χ1) is 13.6. The van der Waals surface area contributed by atoms with E-state index in [4.69, 9.17) is 21.1 Å². The molecule has 0 aliphatic carbocycles. The second-order valence-corrected chi connectivity index (χ2v) is 7.09. The number of ether oxygens (including phenoxy) is 2. The third-order valence-corrected chi connectivity index (χ3v) is 4.50. The van der Waals surface area contributed by atoms with Crippen molar-refractivity contribution in [2.75, 3.05) is 31.6 Å². The van der Waals surface area contributed by atoms with Crippen molar-refractivity contribution < 1.29 is 14.3 Å². The van der Waals surface area contributed by atoms with E-state index in [2.05, 4.69) is 20.9 Å². The number of benzene rings is 1. The zero-order valence-electron chi connectivity index (χ0n) is 15.8. The van der Waals surface area contributed by atoms with Crippen LogP contribution < -0.4 is 20.7 Å². The van der Waals surface area contributed by atoms with Crippen molar-refractivity contribution >= 4 is 29.2 Å². The molecule has 7 nitrogen and oxygen atoms in total. The third-order valence-electron chi connectivity index (χ3n) is 4.27. The summed E-state index contributed by atoms with van der Waals surface area (Å²) in [4.78, 5) is 16.7. The molecule has 1 saturated heterocycles. The first-order valence-electron chi connectivity index (χ1n) is 9.33. The Labute approximate surface area is 169 Å². The van der Waals surface area contributed by atoms with E-state index >= 15 is 0 Å². The van der Waals surface area contributed by atoms with Gasteiger partial charge in [0.2, 0.25) is 0 Å². The zero-order chi connectivity index (χ0) is 19.8. The molecular weight excluding hydrogens is 380 g/mol. The van der Waals surface area contributed by atoms with Gasteiger partial charge in [0, 0.05) is 24.3 Å². The summed E-state index contributed by atoms with van der Waals surface area (Å²) < 4.78 is 11.5. The molecule has 28 heavy (non-hydrogen) atoms. The van der Waals surface area contributed by atoms with Crippen LogP contribution in [0.25, 0.3) is 0 Å². The second-order valence-electron chi connectivity index (χ2n) is 6.66. The van der Waals surface area contributed by atoms with E-state index in [0.717, 1.165) is 31.5 Å². The second kappa shape index (κ2) is 10.3. The maximum atomic E-state index is 12.4. The van der Waals surface area contributed by atoms with Gasteiger partial charge in [-0.2, -0.15) is 0 Å². The monoisotopic (exact) mass is 404 g/mol. The molecule has 1 unspecified atom stereocenters. The van der Waals surface area contributed by atoms with Crippen LogP contribution >= 0.6 is 11.6 Å². The number of aliphatic imine (C=N–C) groups is 1. The number of rotatable bonds is 4. The van der Waals surface area contributed by atoms with E-state index in [9.17, 15) is 4.79 Å². The van der Waals surface area contributed by atoms with Crippen molar-refractivity contribution in [2.45, 2.75) is 25.9 Å². The van der Waals surface area contributed by atoms with E-state index in [1.165, 1.54) is 0 Å². The predicted octanol–water partition coefficient (Wildman–Crippen LogP) is 3.48. The number of hydrogen-bond acceptors (Lipinski definition) is 5. The van der Waals surface area contributed by atoms with Crippen LogP contribution in [-0.4, -0.2) is 44.3 Å². The van der Waals surface area contributed by atoms with Crippen LogP contribution in [0.2, 0.25) is 5.02 Å². The highest BCUT2D eigenvalue weighted by Gasteiger charge is 2.16. The summed E-state index contributed by atoms with van der Waals surface area (Å²) in [5.74, 6) is 1.00. The van der Waals surface area contributed by atoms with Gasteiger partial charge < -0.3 is 20.1 Å². The summed E-state index contributed by atoms with van der Waals surface area (Å²) in [6, 6.07) is 4.68. The van der Waals surface area contributed by atoms with E-state index in [-0.39, 0.29) is 6.10 Å². The molecule has 150 valence electrons. The minimum absolute atomic E-state index is 0.0319. The van der Waals surface area contributed by atoms with E-state index in [0.29, 0.717) is 35.5 Å². The molecule has 0 spiro atoms. The standard InChI is InChI=1S/C20H25ClN4O3/c1-14-4-2-3-5-19(23-11-14)25-20(26)24-17-10-15(21)6-7-18(17)28-13-16-12-22-8-9-27-16/h3,5-7,10-11,16,22H,2,4,8-9,12-13H2,1H3,(H2,23,24,25,26). The van der Waals surface area contributed by atoms with E-state index in [1.807, 2.05) is 13.0 Å². The average Bonchev–Trinajstić information content (AvgIpc) is 2.67. The fraction of sp³-hybridized carbons (Fsp3) is 0.400. The van der Waals surface area contributed by atoms with Crippen LogP contribution in [0.1, 0.15) is 19.8 Å². The van der Waals surface area contributed by atoms with Gasteiger partial charge in [0.1, 0.15) is 24.3 Å². The SMILES string of the molecule is CC1=CN=C(NC(=O)Nc2cc(Cl)ccc2OCC2CNCCO2)C=CCC1. The maximum Gasteiger partial charge on any atom is 0.324 e. The molecule has 0 aromatic heterocycles. The number of nitrogens with zero attached hydrogens (tertiary/aromatic N) is 1. The molecule has 0 radical (unpaired) electrons. The Morgan fingerprint density at radius 3 is 3.14 bits per heavy atom. The van der Waals surface area contributed by atoms with Crippen molar-refractivity contribution in [3.8, 4) is 5.75 Å². The molecule has 3 N–H and O–H groups in total. The van der Waals surface area contributed by atoms with Gasteiger partial charge in [-0.25, -0.2) is 9.79 Å². The number of amides is 2. The molecule has 8 heteroatoms. The Balaban J connectivity index is 1.63. The first-order valence-corrected chi connectivity index (χ1v) is 9.70. The van der Waals surface area contributed by atoms with Gasteiger partial charge in [0.15, 0.2) is 0 Å². The maximum absolute atomic E-state index is 12.4. The molecule has 1 atom stereocenters. The number of urea groups is 1. The minimum atomic E-state index is -0.419. The normalized spacial score (nSPS) is 19.7. The Bertz CT molecular complexity index is 786. The molecule has 2 aliphatic heterocycles. The zero-order valence-corrected chi connectivity index (χ0v) is 16.6. The molecule has 1 fully saturated rings. The van der Waals surface area contributed by atoms with Crippen LogP contribution in [0.3, 0.4) is 0 Å². The fourth-order valence-corrected chi connectivity index (χ4v) is 2.94. The van der Waals surface area contributed by atoms with Crippen molar-refractivity contribution in [3.63, 3.8) is 0 Å².